The van der Waals surface area contributed by atoms with Crippen molar-refractivity contribution >= 4 is 18.0 Å². The van der Waals surface area contributed by atoms with E-state index in [0.29, 0.717) is 18.8 Å². The number of carboxylic acids is 1. The molecule has 2 aliphatic rings. The van der Waals surface area contributed by atoms with Gasteiger partial charge in [-0.2, -0.15) is 0 Å². The maximum atomic E-state index is 12.5. The van der Waals surface area contributed by atoms with Crippen LogP contribution in [0.2, 0.25) is 0 Å². The van der Waals surface area contributed by atoms with Gasteiger partial charge in [0, 0.05) is 19.0 Å². The number of aliphatic carboxylic acids is 1. The zero-order chi connectivity index (χ0) is 18.0. The van der Waals surface area contributed by atoms with Crippen molar-refractivity contribution in [3.63, 3.8) is 0 Å². The Balaban J connectivity index is 1.74. The molecule has 2 heterocycles. The molecule has 2 saturated heterocycles. The van der Waals surface area contributed by atoms with Gasteiger partial charge in [0.05, 0.1) is 19.6 Å². The van der Waals surface area contributed by atoms with Crippen molar-refractivity contribution in [2.75, 3.05) is 39.9 Å². The van der Waals surface area contributed by atoms with Gasteiger partial charge in [-0.15, -0.1) is 0 Å². The van der Waals surface area contributed by atoms with Crippen LogP contribution in [0.15, 0.2) is 24.3 Å². The Hall–Kier alpha value is -2.77. The van der Waals surface area contributed by atoms with Crippen molar-refractivity contribution < 1.29 is 29.0 Å². The lowest BCUT2D eigenvalue weighted by atomic mass is 9.89. The van der Waals surface area contributed by atoms with Crippen LogP contribution in [0.5, 0.6) is 5.75 Å². The zero-order valence-corrected chi connectivity index (χ0v) is 13.9. The number of carboxylic acid groups (broad SMARTS) is 1. The molecule has 1 aromatic carbocycles. The van der Waals surface area contributed by atoms with E-state index in [2.05, 4.69) is 0 Å². The van der Waals surface area contributed by atoms with Crippen molar-refractivity contribution in [2.24, 2.45) is 5.92 Å². The number of nitrogens with zero attached hydrogens (tertiary/aromatic N) is 2. The first-order chi connectivity index (χ1) is 12.0. The lowest BCUT2D eigenvalue weighted by Gasteiger charge is -2.20. The number of rotatable bonds is 5. The van der Waals surface area contributed by atoms with Gasteiger partial charge in [-0.3, -0.25) is 14.5 Å². The van der Waals surface area contributed by atoms with Gasteiger partial charge in [0.15, 0.2) is 0 Å². The van der Waals surface area contributed by atoms with E-state index in [1.165, 1.54) is 9.80 Å². The summed E-state index contributed by atoms with van der Waals surface area (Å²) in [6.45, 7) is 0.983. The van der Waals surface area contributed by atoms with Crippen LogP contribution in [0.4, 0.5) is 4.79 Å². The number of likely N-dealkylation sites (tertiary alicyclic amines) is 1. The molecule has 0 bridgehead atoms. The van der Waals surface area contributed by atoms with Crippen LogP contribution in [0.3, 0.4) is 0 Å². The second-order valence-electron chi connectivity index (χ2n) is 6.16. The third-order valence-electron chi connectivity index (χ3n) is 4.68. The maximum absolute atomic E-state index is 12.5. The van der Waals surface area contributed by atoms with Gasteiger partial charge in [-0.1, -0.05) is 12.1 Å². The number of cyclic esters (lactones) is 1. The third-order valence-corrected chi connectivity index (χ3v) is 4.68. The normalized spacial score (nSPS) is 22.8. The molecule has 8 heteroatoms. The van der Waals surface area contributed by atoms with Crippen LogP contribution < -0.4 is 4.74 Å². The van der Waals surface area contributed by atoms with E-state index in [9.17, 15) is 19.5 Å². The lowest BCUT2D eigenvalue weighted by molar-refractivity contribution is -0.141. The Kier molecular flexibility index (Phi) is 4.78. The SMILES string of the molecule is COc1cccc([C@@H]2CN(C(=O)CN3CCOC3=O)C[C@H]2C(=O)O)c1. The van der Waals surface area contributed by atoms with Gasteiger partial charge < -0.3 is 19.5 Å². The molecule has 2 atom stereocenters. The van der Waals surface area contributed by atoms with Gasteiger partial charge in [0.1, 0.15) is 18.9 Å². The summed E-state index contributed by atoms with van der Waals surface area (Å²) in [5.74, 6) is -1.57. The highest BCUT2D eigenvalue weighted by atomic mass is 16.6. The number of benzene rings is 1. The Morgan fingerprint density at radius 1 is 1.36 bits per heavy atom. The fourth-order valence-corrected chi connectivity index (χ4v) is 3.30. The standard InChI is InChI=1S/C17H20N2O6/c1-24-12-4-2-3-11(7-12)13-8-19(9-14(13)16(21)22)15(20)10-18-5-6-25-17(18)23/h2-4,7,13-14H,5-6,8-10H2,1H3,(H,21,22)/t13-,14+/m0/s1. The number of hydrogen-bond donors (Lipinski definition) is 1. The first kappa shape index (κ1) is 17.1. The van der Waals surface area contributed by atoms with Crippen LogP contribution in [0, 0.1) is 5.92 Å². The topological polar surface area (TPSA) is 96.4 Å². The number of hydrogen-bond acceptors (Lipinski definition) is 5. The fraction of sp³-hybridized carbons (Fsp3) is 0.471. The summed E-state index contributed by atoms with van der Waals surface area (Å²) in [7, 11) is 1.55. The minimum Gasteiger partial charge on any atom is -0.497 e. The second-order valence-corrected chi connectivity index (χ2v) is 6.16. The predicted molar refractivity (Wildman–Crippen MR) is 86.4 cm³/mol. The van der Waals surface area contributed by atoms with Gasteiger partial charge in [-0.25, -0.2) is 4.79 Å². The monoisotopic (exact) mass is 348 g/mol. The minimum atomic E-state index is -0.941. The van der Waals surface area contributed by atoms with Gasteiger partial charge in [0.25, 0.3) is 0 Å². The lowest BCUT2D eigenvalue weighted by Crippen LogP contribution is -2.40. The predicted octanol–water partition coefficient (Wildman–Crippen LogP) is 0.774. The highest BCUT2D eigenvalue weighted by molar-refractivity contribution is 5.84. The highest BCUT2D eigenvalue weighted by Gasteiger charge is 2.41. The first-order valence-corrected chi connectivity index (χ1v) is 8.06. The van der Waals surface area contributed by atoms with Crippen LogP contribution in [-0.2, 0) is 14.3 Å². The van der Waals surface area contributed by atoms with E-state index in [4.69, 9.17) is 9.47 Å². The summed E-state index contributed by atoms with van der Waals surface area (Å²) in [5.41, 5.74) is 0.822. The average Bonchev–Trinajstić information content (AvgIpc) is 3.22. The fourth-order valence-electron chi connectivity index (χ4n) is 3.30. The molecule has 0 unspecified atom stereocenters. The molecule has 3 rings (SSSR count). The Morgan fingerprint density at radius 2 is 2.16 bits per heavy atom. The molecule has 1 N–H and O–H groups in total. The van der Waals surface area contributed by atoms with Crippen LogP contribution in [0.25, 0.3) is 0 Å². The highest BCUT2D eigenvalue weighted by Crippen LogP contribution is 2.34. The molecule has 8 nitrogen and oxygen atoms in total. The summed E-state index contributed by atoms with van der Waals surface area (Å²) >= 11 is 0. The van der Waals surface area contributed by atoms with E-state index in [-0.39, 0.29) is 31.5 Å². The number of methoxy groups -OCH3 is 1. The maximum Gasteiger partial charge on any atom is 0.410 e. The summed E-state index contributed by atoms with van der Waals surface area (Å²) in [6.07, 6.45) is -0.508. The summed E-state index contributed by atoms with van der Waals surface area (Å²) in [6, 6.07) is 7.23. The van der Waals surface area contributed by atoms with E-state index < -0.39 is 18.0 Å². The van der Waals surface area contributed by atoms with Crippen molar-refractivity contribution in [3.05, 3.63) is 29.8 Å². The van der Waals surface area contributed by atoms with Crippen LogP contribution >= 0.6 is 0 Å². The van der Waals surface area contributed by atoms with E-state index >= 15 is 0 Å². The molecule has 25 heavy (non-hydrogen) atoms. The van der Waals surface area contributed by atoms with Crippen LogP contribution in [-0.4, -0.2) is 72.8 Å². The van der Waals surface area contributed by atoms with Gasteiger partial charge in [0.2, 0.25) is 5.91 Å². The second kappa shape index (κ2) is 7.00. The minimum absolute atomic E-state index is 0.0873. The van der Waals surface area contributed by atoms with E-state index in [1.54, 1.807) is 25.3 Å². The molecule has 0 aromatic heterocycles. The van der Waals surface area contributed by atoms with Gasteiger partial charge >= 0.3 is 12.1 Å². The molecule has 2 amide bonds. The molecule has 2 aliphatic heterocycles. The number of ether oxygens (including phenoxy) is 2. The molecule has 134 valence electrons. The summed E-state index contributed by atoms with van der Waals surface area (Å²) in [4.78, 5) is 38.4. The molecule has 0 radical (unpaired) electrons. The van der Waals surface area contributed by atoms with E-state index in [1.807, 2.05) is 6.07 Å². The van der Waals surface area contributed by atoms with Crippen molar-refractivity contribution in [2.45, 2.75) is 5.92 Å². The molecule has 2 fully saturated rings. The van der Waals surface area contributed by atoms with Crippen LogP contribution in [0.1, 0.15) is 11.5 Å². The number of carbonyl (C=O) groups is 3. The summed E-state index contributed by atoms with van der Waals surface area (Å²) < 4.78 is 10.0. The average molecular weight is 348 g/mol. The third kappa shape index (κ3) is 3.52. The molecular weight excluding hydrogens is 328 g/mol. The first-order valence-electron chi connectivity index (χ1n) is 8.06. The zero-order valence-electron chi connectivity index (χ0n) is 13.9. The molecule has 0 saturated carbocycles. The van der Waals surface area contributed by atoms with Crippen molar-refractivity contribution in [1.82, 2.24) is 9.80 Å². The van der Waals surface area contributed by atoms with Crippen molar-refractivity contribution in [3.8, 4) is 5.75 Å². The van der Waals surface area contributed by atoms with E-state index in [0.717, 1.165) is 5.56 Å². The number of amides is 2. The molecule has 1 aromatic rings. The largest absolute Gasteiger partial charge is 0.497 e. The Bertz CT molecular complexity index is 691. The number of carbonyl (C=O) groups excluding carboxylic acids is 2. The van der Waals surface area contributed by atoms with Gasteiger partial charge in [-0.05, 0) is 17.7 Å². The molecule has 0 spiro atoms. The summed E-state index contributed by atoms with van der Waals surface area (Å²) in [5, 5.41) is 9.54. The Morgan fingerprint density at radius 3 is 2.80 bits per heavy atom. The smallest absolute Gasteiger partial charge is 0.410 e. The molecular formula is C17H20N2O6. The quantitative estimate of drug-likeness (QED) is 0.844. The van der Waals surface area contributed by atoms with Crippen molar-refractivity contribution in [1.29, 1.82) is 0 Å². The Labute approximate surface area is 144 Å². The molecule has 0 aliphatic carbocycles.